The van der Waals surface area contributed by atoms with Gasteiger partial charge in [-0.1, -0.05) is 30.7 Å². The maximum Gasteiger partial charge on any atom is 0.255 e. The highest BCUT2D eigenvalue weighted by atomic mass is 35.5. The molecule has 0 unspecified atom stereocenters. The van der Waals surface area contributed by atoms with Crippen molar-refractivity contribution in [1.82, 2.24) is 20.1 Å². The molecule has 27 heavy (non-hydrogen) atoms. The minimum absolute atomic E-state index is 0.0779. The largest absolute Gasteiger partial charge is 0.348 e. The number of carbonyl (C=O) groups excluding carboxylic acids is 1. The summed E-state index contributed by atoms with van der Waals surface area (Å²) in [6, 6.07) is 11.4. The third-order valence-electron chi connectivity index (χ3n) is 4.76. The van der Waals surface area contributed by atoms with Crippen LogP contribution >= 0.6 is 11.6 Å². The van der Waals surface area contributed by atoms with Crippen LogP contribution in [0.3, 0.4) is 0 Å². The van der Waals surface area contributed by atoms with Gasteiger partial charge in [0.15, 0.2) is 0 Å². The molecule has 1 aromatic carbocycles. The number of nitrogens with one attached hydrogen (secondary N) is 1. The molecule has 2 aromatic heterocycles. The molecule has 1 N–H and O–H groups in total. The van der Waals surface area contributed by atoms with Crippen LogP contribution in [0, 0.1) is 0 Å². The minimum atomic E-state index is -0.0779. The Bertz CT molecular complexity index is 964. The van der Waals surface area contributed by atoms with Gasteiger partial charge in [0.1, 0.15) is 0 Å². The average molecular weight is 381 g/mol. The predicted octanol–water partition coefficient (Wildman–Crippen LogP) is 4.29. The van der Waals surface area contributed by atoms with Crippen LogP contribution in [0.4, 0.5) is 0 Å². The number of aromatic nitrogens is 3. The summed E-state index contributed by atoms with van der Waals surface area (Å²) in [5.74, 6) is 0.292. The molecule has 1 saturated carbocycles. The fourth-order valence-electron chi connectivity index (χ4n) is 3.28. The third kappa shape index (κ3) is 3.74. The molecule has 0 aliphatic heterocycles. The van der Waals surface area contributed by atoms with Crippen LogP contribution in [0.2, 0.25) is 5.02 Å². The second-order valence-corrected chi connectivity index (χ2v) is 7.21. The molecule has 5 nitrogen and oxygen atoms in total. The summed E-state index contributed by atoms with van der Waals surface area (Å²) in [4.78, 5) is 17.1. The van der Waals surface area contributed by atoms with Gasteiger partial charge < -0.3 is 5.32 Å². The number of hydrogen-bond donors (Lipinski definition) is 1. The van der Waals surface area contributed by atoms with E-state index in [0.717, 1.165) is 35.5 Å². The first-order chi connectivity index (χ1) is 13.2. The van der Waals surface area contributed by atoms with Crippen molar-refractivity contribution in [2.75, 3.05) is 0 Å². The minimum Gasteiger partial charge on any atom is -0.348 e. The summed E-state index contributed by atoms with van der Waals surface area (Å²) in [5, 5.41) is 8.50. The van der Waals surface area contributed by atoms with Gasteiger partial charge in [-0.15, -0.1) is 0 Å². The molecule has 2 heterocycles. The molecule has 0 radical (unpaired) electrons. The Morgan fingerprint density at radius 3 is 2.81 bits per heavy atom. The Morgan fingerprint density at radius 2 is 2.15 bits per heavy atom. The highest BCUT2D eigenvalue weighted by Gasteiger charge is 2.34. The van der Waals surface area contributed by atoms with Gasteiger partial charge in [-0.3, -0.25) is 9.78 Å². The Balaban J connectivity index is 1.69. The van der Waals surface area contributed by atoms with Crippen LogP contribution in [0.1, 0.15) is 53.0 Å². The Hall–Kier alpha value is -2.66. The van der Waals surface area contributed by atoms with E-state index in [2.05, 4.69) is 10.3 Å². The zero-order chi connectivity index (χ0) is 18.8. The lowest BCUT2D eigenvalue weighted by molar-refractivity contribution is 0.0949. The molecule has 1 aliphatic carbocycles. The van der Waals surface area contributed by atoms with Crippen molar-refractivity contribution >= 4 is 17.5 Å². The van der Waals surface area contributed by atoms with E-state index in [-0.39, 0.29) is 5.91 Å². The molecule has 1 aliphatic rings. The standard InChI is InChI=1S/C21H21ClN4O/c1-2-18-19(21(27)24-13-14-5-4-10-23-12-14)20(15-8-9-15)25-26(18)17-7-3-6-16(22)11-17/h3-7,10-12,15H,2,8-9,13H2,1H3,(H,24,27). The van der Waals surface area contributed by atoms with E-state index in [1.165, 1.54) is 0 Å². The zero-order valence-corrected chi connectivity index (χ0v) is 15.9. The molecule has 1 amide bonds. The van der Waals surface area contributed by atoms with E-state index < -0.39 is 0 Å². The first-order valence-electron chi connectivity index (χ1n) is 9.22. The van der Waals surface area contributed by atoms with Gasteiger partial charge in [0.25, 0.3) is 5.91 Å². The van der Waals surface area contributed by atoms with E-state index in [9.17, 15) is 4.79 Å². The highest BCUT2D eigenvalue weighted by Crippen LogP contribution is 2.42. The molecule has 138 valence electrons. The van der Waals surface area contributed by atoms with Gasteiger partial charge in [-0.2, -0.15) is 5.10 Å². The molecule has 0 spiro atoms. The maximum absolute atomic E-state index is 13.1. The Labute approximate surface area is 163 Å². The monoisotopic (exact) mass is 380 g/mol. The average Bonchev–Trinajstić information content (AvgIpc) is 3.46. The fraction of sp³-hybridized carbons (Fsp3) is 0.286. The van der Waals surface area contributed by atoms with E-state index in [0.29, 0.717) is 29.5 Å². The number of benzene rings is 1. The number of rotatable bonds is 6. The van der Waals surface area contributed by atoms with Crippen molar-refractivity contribution in [1.29, 1.82) is 0 Å². The number of nitrogens with zero attached hydrogens (tertiary/aromatic N) is 3. The van der Waals surface area contributed by atoms with Gasteiger partial charge in [-0.05, 0) is 49.1 Å². The molecular weight excluding hydrogens is 360 g/mol. The van der Waals surface area contributed by atoms with Crippen molar-refractivity contribution in [3.63, 3.8) is 0 Å². The van der Waals surface area contributed by atoms with Gasteiger partial charge in [-0.25, -0.2) is 4.68 Å². The number of halogens is 1. The Morgan fingerprint density at radius 1 is 1.30 bits per heavy atom. The second kappa shape index (κ2) is 7.53. The summed E-state index contributed by atoms with van der Waals surface area (Å²) in [5.41, 5.74) is 4.38. The summed E-state index contributed by atoms with van der Waals surface area (Å²) in [6.45, 7) is 2.49. The summed E-state index contributed by atoms with van der Waals surface area (Å²) >= 11 is 6.17. The predicted molar refractivity (Wildman–Crippen MR) is 105 cm³/mol. The quantitative estimate of drug-likeness (QED) is 0.693. The molecule has 6 heteroatoms. The number of pyridine rings is 1. The van der Waals surface area contributed by atoms with Crippen molar-refractivity contribution in [2.45, 2.75) is 38.6 Å². The summed E-state index contributed by atoms with van der Waals surface area (Å²) in [7, 11) is 0. The van der Waals surface area contributed by atoms with Crippen LogP contribution in [-0.4, -0.2) is 20.7 Å². The normalized spacial score (nSPS) is 13.6. The van der Waals surface area contributed by atoms with Crippen molar-refractivity contribution in [2.24, 2.45) is 0 Å². The molecule has 4 rings (SSSR count). The lowest BCUT2D eigenvalue weighted by atomic mass is 10.1. The van der Waals surface area contributed by atoms with E-state index in [4.69, 9.17) is 16.7 Å². The number of amides is 1. The first-order valence-corrected chi connectivity index (χ1v) is 9.60. The van der Waals surface area contributed by atoms with E-state index >= 15 is 0 Å². The molecule has 0 bridgehead atoms. The summed E-state index contributed by atoms with van der Waals surface area (Å²) in [6.07, 6.45) is 6.36. The third-order valence-corrected chi connectivity index (χ3v) is 5.00. The van der Waals surface area contributed by atoms with Gasteiger partial charge >= 0.3 is 0 Å². The Kier molecular flexibility index (Phi) is 4.94. The van der Waals surface area contributed by atoms with Crippen LogP contribution in [0.5, 0.6) is 0 Å². The van der Waals surface area contributed by atoms with Crippen LogP contribution < -0.4 is 5.32 Å². The first kappa shape index (κ1) is 17.7. The van der Waals surface area contributed by atoms with Gasteiger partial charge in [0.2, 0.25) is 0 Å². The van der Waals surface area contributed by atoms with Gasteiger partial charge in [0.05, 0.1) is 22.6 Å². The zero-order valence-electron chi connectivity index (χ0n) is 15.2. The lowest BCUT2D eigenvalue weighted by Crippen LogP contribution is -2.24. The smallest absolute Gasteiger partial charge is 0.255 e. The van der Waals surface area contributed by atoms with Crippen LogP contribution in [0.15, 0.2) is 48.8 Å². The highest BCUT2D eigenvalue weighted by molar-refractivity contribution is 6.30. The van der Waals surface area contributed by atoms with Gasteiger partial charge in [0, 0.05) is 29.9 Å². The van der Waals surface area contributed by atoms with Crippen LogP contribution in [-0.2, 0) is 13.0 Å². The molecule has 0 atom stereocenters. The van der Waals surface area contributed by atoms with Crippen molar-refractivity contribution in [3.05, 3.63) is 76.3 Å². The second-order valence-electron chi connectivity index (χ2n) is 6.77. The van der Waals surface area contributed by atoms with E-state index in [1.807, 2.05) is 48.0 Å². The van der Waals surface area contributed by atoms with Crippen LogP contribution in [0.25, 0.3) is 5.69 Å². The topological polar surface area (TPSA) is 59.8 Å². The van der Waals surface area contributed by atoms with Crippen molar-refractivity contribution in [3.8, 4) is 5.69 Å². The number of carbonyl (C=O) groups is 1. The lowest BCUT2D eigenvalue weighted by Gasteiger charge is -2.09. The summed E-state index contributed by atoms with van der Waals surface area (Å²) < 4.78 is 1.87. The molecular formula is C21H21ClN4O. The SMILES string of the molecule is CCc1c(C(=O)NCc2cccnc2)c(C2CC2)nn1-c1cccc(Cl)c1. The number of hydrogen-bond acceptors (Lipinski definition) is 3. The molecule has 0 saturated heterocycles. The molecule has 3 aromatic rings. The van der Waals surface area contributed by atoms with E-state index in [1.54, 1.807) is 12.4 Å². The maximum atomic E-state index is 13.1. The fourth-order valence-corrected chi connectivity index (χ4v) is 3.47. The van der Waals surface area contributed by atoms with Crippen molar-refractivity contribution < 1.29 is 4.79 Å². The molecule has 1 fully saturated rings.